The summed E-state index contributed by atoms with van der Waals surface area (Å²) in [5, 5.41) is 69.7. The Morgan fingerprint density at radius 2 is 1.52 bits per heavy atom. The van der Waals surface area contributed by atoms with Crippen molar-refractivity contribution in [2.45, 2.75) is 129 Å². The molecule has 3 heterocycles. The van der Waals surface area contributed by atoms with Gasteiger partial charge in [0.25, 0.3) is 5.91 Å². The van der Waals surface area contributed by atoms with E-state index in [0.29, 0.717) is 6.54 Å². The molecule has 0 aromatic carbocycles. The molecule has 5 aliphatic rings. The molecule has 0 aromatic rings. The first-order chi connectivity index (χ1) is 22.7. The molecule has 19 atom stereocenters. The number of aliphatic hydroxyl groups excluding tert-OH is 5. The Morgan fingerprint density at radius 1 is 0.875 bits per heavy atom. The van der Waals surface area contributed by atoms with Crippen LogP contribution in [0.15, 0.2) is 12.2 Å². The van der Waals surface area contributed by atoms with Crippen LogP contribution in [0.1, 0.15) is 12.8 Å². The first-order valence-electron chi connectivity index (χ1n) is 16.1. The molecule has 4 fully saturated rings. The highest BCUT2D eigenvalue weighted by atomic mass is 16.8. The maximum atomic E-state index is 12.8. The fourth-order valence-corrected chi connectivity index (χ4v) is 6.50. The molecule has 0 radical (unpaired) electrons. The van der Waals surface area contributed by atoms with Crippen LogP contribution in [0.5, 0.6) is 0 Å². The molecule has 2 aliphatic carbocycles. The summed E-state index contributed by atoms with van der Waals surface area (Å²) in [5.41, 5.74) is 28.4. The molecule has 3 aliphatic heterocycles. The van der Waals surface area contributed by atoms with Gasteiger partial charge in [-0.1, -0.05) is 12.2 Å². The molecule has 2 unspecified atom stereocenters. The number of rotatable bonds is 12. The van der Waals surface area contributed by atoms with Crippen LogP contribution >= 0.6 is 0 Å². The predicted molar refractivity (Wildman–Crippen MR) is 162 cm³/mol. The number of nitrogens with one attached hydrogen (secondary N) is 2. The molecule has 0 spiro atoms. The summed E-state index contributed by atoms with van der Waals surface area (Å²) in [7, 11) is 1.75. The standard InChI is InChI=1S/C28H51N7O13/c1-34-7-9-2-3-10(30)24(43-9)46-21-11(31)4-12(35-27(41)28(42)5-15(28)32)17(37)23(21)48-26-20(40)22(14(8-36)45-26)47-25-16(33)19(39)18(38)13(6-29)44-25/h2-3,9-26,34,36-40,42H,4-8,29-33H2,1H3,(H,35,41)/t9-,10+,11-,12+,13-,14+,15?,16+,17-,18+,19+,20+,21+,22+,23+,24+,25+,26-,28?/m0/s1. The topological polar surface area (TPSA) is 348 Å². The molecule has 48 heavy (non-hydrogen) atoms. The van der Waals surface area contributed by atoms with E-state index in [1.54, 1.807) is 19.2 Å². The number of carbonyl (C=O) groups is 1. The number of carbonyl (C=O) groups excluding carboxylic acids is 1. The molecule has 20 nitrogen and oxygen atoms in total. The van der Waals surface area contributed by atoms with Crippen LogP contribution in [0.3, 0.4) is 0 Å². The van der Waals surface area contributed by atoms with Crippen LogP contribution in [0, 0.1) is 0 Å². The second-order valence-corrected chi connectivity index (χ2v) is 13.1. The zero-order chi connectivity index (χ0) is 35.1. The lowest BCUT2D eigenvalue weighted by molar-refractivity contribution is -0.284. The Morgan fingerprint density at radius 3 is 2.15 bits per heavy atom. The Balaban J connectivity index is 1.35. The lowest BCUT2D eigenvalue weighted by Gasteiger charge is -2.46. The van der Waals surface area contributed by atoms with Crippen LogP contribution in [0.25, 0.3) is 0 Å². The molecule has 18 N–H and O–H groups in total. The highest BCUT2D eigenvalue weighted by Crippen LogP contribution is 2.37. The largest absolute Gasteiger partial charge is 0.394 e. The fourth-order valence-electron chi connectivity index (χ4n) is 6.50. The van der Waals surface area contributed by atoms with Gasteiger partial charge in [0, 0.05) is 31.6 Å². The van der Waals surface area contributed by atoms with Gasteiger partial charge in [-0.3, -0.25) is 4.79 Å². The van der Waals surface area contributed by atoms with Crippen molar-refractivity contribution in [1.82, 2.24) is 10.6 Å². The minimum Gasteiger partial charge on any atom is -0.394 e. The van der Waals surface area contributed by atoms with Gasteiger partial charge in [0.05, 0.1) is 30.8 Å². The van der Waals surface area contributed by atoms with Gasteiger partial charge in [0.15, 0.2) is 24.5 Å². The quantitative estimate of drug-likeness (QED) is 0.0844. The van der Waals surface area contributed by atoms with Crippen molar-refractivity contribution in [3.63, 3.8) is 0 Å². The van der Waals surface area contributed by atoms with E-state index in [9.17, 15) is 35.4 Å². The fraction of sp³-hybridized carbons (Fsp3) is 0.893. The first-order valence-corrected chi connectivity index (χ1v) is 16.1. The number of amides is 1. The van der Waals surface area contributed by atoms with Gasteiger partial charge in [0.2, 0.25) is 0 Å². The number of likely N-dealkylation sites (N-methyl/N-ethyl adjacent to an activating group) is 1. The maximum absolute atomic E-state index is 12.8. The Kier molecular flexibility index (Phi) is 12.1. The number of hydrogen-bond acceptors (Lipinski definition) is 19. The van der Waals surface area contributed by atoms with Crippen LogP contribution in [-0.4, -0.2) is 179 Å². The SMILES string of the molecule is CNC[C@@H]1C=C[C@@H](N)[C@@H](O[C@H]2[C@H](O[C@@H]3O[C@H](CO)[C@@H](O[C@H]4O[C@@H](CN)[C@@H](O)[C@H](O)[C@H]4N)[C@H]3O)[C@@H](O)[C@H](NC(=O)C3(O)CC3N)C[C@@H]2N)O1. The Labute approximate surface area is 276 Å². The van der Waals surface area contributed by atoms with Crippen molar-refractivity contribution in [1.29, 1.82) is 0 Å². The first kappa shape index (κ1) is 37.7. The highest BCUT2D eigenvalue weighted by molar-refractivity contribution is 5.89. The third kappa shape index (κ3) is 7.56. The van der Waals surface area contributed by atoms with Crippen LogP contribution in [-0.2, 0) is 33.2 Å². The van der Waals surface area contributed by atoms with Crippen molar-refractivity contribution in [2.24, 2.45) is 28.7 Å². The van der Waals surface area contributed by atoms with Gasteiger partial charge in [-0.25, -0.2) is 0 Å². The van der Waals surface area contributed by atoms with Crippen molar-refractivity contribution < 1.29 is 63.9 Å². The van der Waals surface area contributed by atoms with E-state index in [2.05, 4.69) is 10.6 Å². The lowest BCUT2D eigenvalue weighted by Crippen LogP contribution is -2.67. The zero-order valence-electron chi connectivity index (χ0n) is 26.5. The van der Waals surface area contributed by atoms with Gasteiger partial charge in [0.1, 0.15) is 54.9 Å². The number of aliphatic hydroxyl groups is 6. The molecular formula is C28H51N7O13. The number of nitrogens with two attached hydrogens (primary N) is 5. The molecule has 1 amide bonds. The zero-order valence-corrected chi connectivity index (χ0v) is 26.5. The van der Waals surface area contributed by atoms with Gasteiger partial charge in [-0.15, -0.1) is 0 Å². The molecule has 2 saturated carbocycles. The van der Waals surface area contributed by atoms with Gasteiger partial charge in [-0.2, -0.15) is 0 Å². The van der Waals surface area contributed by atoms with Crippen LogP contribution < -0.4 is 39.3 Å². The van der Waals surface area contributed by atoms with Crippen LogP contribution in [0.2, 0.25) is 0 Å². The van der Waals surface area contributed by atoms with Crippen molar-refractivity contribution >= 4 is 5.91 Å². The Bertz CT molecular complexity index is 1130. The summed E-state index contributed by atoms with van der Waals surface area (Å²) >= 11 is 0. The minimum atomic E-state index is -1.79. The summed E-state index contributed by atoms with van der Waals surface area (Å²) < 4.78 is 35.7. The van der Waals surface area contributed by atoms with E-state index in [1.165, 1.54) is 0 Å². The van der Waals surface area contributed by atoms with Crippen molar-refractivity contribution in [3.05, 3.63) is 12.2 Å². The third-order valence-corrected chi connectivity index (χ3v) is 9.62. The summed E-state index contributed by atoms with van der Waals surface area (Å²) in [5.74, 6) is -0.792. The lowest BCUT2D eigenvalue weighted by atomic mass is 9.83. The highest BCUT2D eigenvalue weighted by Gasteiger charge is 2.59. The molecule has 5 rings (SSSR count). The second-order valence-electron chi connectivity index (χ2n) is 13.1. The van der Waals surface area contributed by atoms with E-state index >= 15 is 0 Å². The summed E-state index contributed by atoms with van der Waals surface area (Å²) in [6.45, 7) is -0.390. The maximum Gasteiger partial charge on any atom is 0.253 e. The molecule has 20 heteroatoms. The summed E-state index contributed by atoms with van der Waals surface area (Å²) in [4.78, 5) is 12.8. The van der Waals surface area contributed by atoms with Crippen molar-refractivity contribution in [2.75, 3.05) is 26.7 Å². The van der Waals surface area contributed by atoms with E-state index in [0.717, 1.165) is 0 Å². The number of ether oxygens (including phenoxy) is 6. The molecule has 276 valence electrons. The predicted octanol–water partition coefficient (Wildman–Crippen LogP) is -8.18. The minimum absolute atomic E-state index is 0.0209. The molecule has 0 aromatic heterocycles. The average Bonchev–Trinajstić information content (AvgIpc) is 3.58. The van der Waals surface area contributed by atoms with Crippen LogP contribution in [0.4, 0.5) is 0 Å². The normalized spacial score (nSPS) is 50.8. The van der Waals surface area contributed by atoms with E-state index < -0.39 is 128 Å². The molecule has 0 bridgehead atoms. The third-order valence-electron chi connectivity index (χ3n) is 9.62. The van der Waals surface area contributed by atoms with Gasteiger partial charge < -0.3 is 98.4 Å². The smallest absolute Gasteiger partial charge is 0.253 e. The average molecular weight is 694 g/mol. The Hall–Kier alpha value is -1.51. The number of hydrogen-bond donors (Lipinski definition) is 13. The second kappa shape index (κ2) is 15.4. The summed E-state index contributed by atoms with van der Waals surface area (Å²) in [6, 6.07) is -4.71. The molecule has 2 saturated heterocycles. The monoisotopic (exact) mass is 693 g/mol. The molecular weight excluding hydrogens is 642 g/mol. The van der Waals surface area contributed by atoms with E-state index in [-0.39, 0.29) is 19.4 Å². The van der Waals surface area contributed by atoms with Crippen molar-refractivity contribution in [3.8, 4) is 0 Å². The van der Waals surface area contributed by atoms with E-state index in [1.807, 2.05) is 0 Å². The van der Waals surface area contributed by atoms with E-state index in [4.69, 9.17) is 57.1 Å². The van der Waals surface area contributed by atoms with Gasteiger partial charge in [-0.05, 0) is 13.5 Å². The van der Waals surface area contributed by atoms with Gasteiger partial charge >= 0.3 is 0 Å². The summed E-state index contributed by atoms with van der Waals surface area (Å²) in [6.07, 6.45) is -13.0.